The van der Waals surface area contributed by atoms with Gasteiger partial charge in [-0.2, -0.15) is 0 Å². The van der Waals surface area contributed by atoms with Crippen molar-refractivity contribution in [3.8, 4) is 11.5 Å². The SMILES string of the molecule is CC(C)(c1ccccc1)c1ccc(OOC(Oc2ccc(C(C)(C)c3ccccc3)cc2C(C)(C)c2ccccc2)C(CO)(CO)CO)c(C(C)(C)c2ccccc2)c1.OP(O)O.OP(O)O. The van der Waals surface area contributed by atoms with Gasteiger partial charge < -0.3 is 54.3 Å². The molecule has 14 heteroatoms. The number of hydrogen-bond acceptors (Lipinski definition) is 12. The molecule has 0 saturated heterocycles. The highest BCUT2D eigenvalue weighted by atomic mass is 31.2. The molecule has 1 atom stereocenters. The third-order valence-corrected chi connectivity index (χ3v) is 12.6. The Morgan fingerprint density at radius 2 is 0.672 bits per heavy atom. The second kappa shape index (κ2) is 24.1. The molecule has 0 radical (unpaired) electrons. The normalized spacial score (nSPS) is 12.7. The summed E-state index contributed by atoms with van der Waals surface area (Å²) in [7, 11) is -5.24. The smallest absolute Gasteiger partial charge is 0.324 e. The summed E-state index contributed by atoms with van der Waals surface area (Å²) in [5, 5.41) is 32.5. The summed E-state index contributed by atoms with van der Waals surface area (Å²) in [5.74, 6) is 0.900. The first-order valence-corrected chi connectivity index (χ1v) is 24.1. The monoisotopic (exact) mass is 956 g/mol. The average molecular weight is 957 g/mol. The van der Waals surface area contributed by atoms with E-state index < -0.39 is 59.6 Å². The first-order valence-electron chi connectivity index (χ1n) is 21.7. The van der Waals surface area contributed by atoms with E-state index in [1.54, 1.807) is 0 Å². The van der Waals surface area contributed by atoms with Crippen molar-refractivity contribution in [1.82, 2.24) is 0 Å². The van der Waals surface area contributed by atoms with Crippen molar-refractivity contribution in [3.63, 3.8) is 0 Å². The molecule has 0 saturated carbocycles. The topological polar surface area (TPSA) is 210 Å². The van der Waals surface area contributed by atoms with E-state index in [0.717, 1.165) is 33.4 Å². The van der Waals surface area contributed by atoms with Crippen molar-refractivity contribution in [2.75, 3.05) is 19.8 Å². The Bertz CT molecular complexity index is 2370. The van der Waals surface area contributed by atoms with E-state index in [2.05, 4.69) is 128 Å². The third kappa shape index (κ3) is 13.8. The van der Waals surface area contributed by atoms with Crippen LogP contribution >= 0.6 is 17.2 Å². The maximum atomic E-state index is 10.8. The minimum atomic E-state index is -2.62. The number of hydrogen-bond donors (Lipinski definition) is 9. The zero-order chi connectivity index (χ0) is 49.6. The zero-order valence-corrected chi connectivity index (χ0v) is 41.1. The zero-order valence-electron chi connectivity index (χ0n) is 39.4. The molecule has 67 heavy (non-hydrogen) atoms. The minimum Gasteiger partial charge on any atom is -0.460 e. The lowest BCUT2D eigenvalue weighted by Gasteiger charge is -2.37. The Labute approximate surface area is 397 Å². The lowest BCUT2D eigenvalue weighted by atomic mass is 9.73. The molecule has 1 unspecified atom stereocenters. The number of aliphatic hydroxyl groups is 3. The van der Waals surface area contributed by atoms with Gasteiger partial charge >= 0.3 is 17.2 Å². The summed E-state index contributed by atoms with van der Waals surface area (Å²) in [6.45, 7) is 15.5. The van der Waals surface area contributed by atoms with Crippen LogP contribution in [0.15, 0.2) is 158 Å². The van der Waals surface area contributed by atoms with Gasteiger partial charge in [-0.3, -0.25) is 0 Å². The molecule has 0 aromatic heterocycles. The van der Waals surface area contributed by atoms with Crippen molar-refractivity contribution in [3.05, 3.63) is 202 Å². The first kappa shape index (κ1) is 55.0. The van der Waals surface area contributed by atoms with Crippen LogP contribution in [-0.4, -0.2) is 70.8 Å². The highest BCUT2D eigenvalue weighted by Crippen LogP contribution is 2.45. The number of ether oxygens (including phenoxy) is 1. The Morgan fingerprint density at radius 3 is 0.985 bits per heavy atom. The molecule has 0 spiro atoms. The van der Waals surface area contributed by atoms with E-state index in [-0.39, 0.29) is 10.8 Å². The maximum Gasteiger partial charge on any atom is 0.324 e. The molecular formula is C53H66O12P2. The van der Waals surface area contributed by atoms with E-state index in [4.69, 9.17) is 43.9 Å². The summed E-state index contributed by atoms with van der Waals surface area (Å²) >= 11 is 0. The van der Waals surface area contributed by atoms with E-state index >= 15 is 0 Å². The van der Waals surface area contributed by atoms with Gasteiger partial charge in [-0.25, -0.2) is 0 Å². The largest absolute Gasteiger partial charge is 0.460 e. The van der Waals surface area contributed by atoms with Crippen molar-refractivity contribution in [2.24, 2.45) is 5.41 Å². The molecule has 0 aliphatic carbocycles. The summed E-state index contributed by atoms with van der Waals surface area (Å²) < 4.78 is 6.81. The van der Waals surface area contributed by atoms with Gasteiger partial charge in [-0.1, -0.05) is 201 Å². The van der Waals surface area contributed by atoms with Gasteiger partial charge in [-0.15, -0.1) is 4.89 Å². The standard InChI is InChI=1S/C53H60O6.2H3O3P/c1-49(2,38-21-13-9-14-22-38)42-29-31-46(44(33-42)51(5,6)40-25-17-11-18-26-40)57-48(53(35-54,36-55)37-56)59-58-47-32-30-43(50(3,4)39-23-15-10-16-24-39)34-45(47)52(7,8)41-27-19-12-20-28-41;2*1-4(2)3/h9-34,48,54-56H,35-37H2,1-8H3;2*1-3H. The van der Waals surface area contributed by atoms with Gasteiger partial charge in [0.25, 0.3) is 6.29 Å². The molecule has 12 nitrogen and oxygen atoms in total. The van der Waals surface area contributed by atoms with Crippen LogP contribution in [0.4, 0.5) is 0 Å². The maximum absolute atomic E-state index is 10.8. The van der Waals surface area contributed by atoms with Gasteiger partial charge in [0.2, 0.25) is 0 Å². The first-order chi connectivity index (χ1) is 31.6. The van der Waals surface area contributed by atoms with Crippen LogP contribution in [0.3, 0.4) is 0 Å². The molecule has 360 valence electrons. The van der Waals surface area contributed by atoms with Crippen molar-refractivity contribution >= 4 is 17.2 Å². The average Bonchev–Trinajstić information content (AvgIpc) is 3.32. The quantitative estimate of drug-likeness (QED) is 0.0182. The number of rotatable bonds is 17. The predicted molar refractivity (Wildman–Crippen MR) is 264 cm³/mol. The van der Waals surface area contributed by atoms with Gasteiger partial charge in [0.1, 0.15) is 11.2 Å². The fourth-order valence-corrected chi connectivity index (χ4v) is 7.88. The third-order valence-electron chi connectivity index (χ3n) is 12.6. The molecule has 9 N–H and O–H groups in total. The van der Waals surface area contributed by atoms with Crippen LogP contribution in [0.5, 0.6) is 11.5 Å². The molecule has 6 aromatic carbocycles. The van der Waals surface area contributed by atoms with Gasteiger partial charge in [-0.05, 0) is 45.5 Å². The van der Waals surface area contributed by atoms with Crippen LogP contribution in [0.25, 0.3) is 0 Å². The summed E-state index contributed by atoms with van der Waals surface area (Å²) in [6.07, 6.45) is -1.45. The van der Waals surface area contributed by atoms with Crippen LogP contribution in [0.2, 0.25) is 0 Å². The van der Waals surface area contributed by atoms with Crippen LogP contribution < -0.4 is 9.62 Å². The molecule has 6 rings (SSSR count). The van der Waals surface area contributed by atoms with E-state index in [0.29, 0.717) is 11.5 Å². The van der Waals surface area contributed by atoms with Crippen molar-refractivity contribution in [2.45, 2.75) is 83.3 Å². The Hall–Kier alpha value is -4.62. The molecule has 0 aliphatic rings. The summed E-state index contributed by atoms with van der Waals surface area (Å²) in [4.78, 5) is 56.0. The van der Waals surface area contributed by atoms with Crippen LogP contribution in [-0.2, 0) is 26.5 Å². The molecule has 0 amide bonds. The predicted octanol–water partition coefficient (Wildman–Crippen LogP) is 9.05. The minimum absolute atomic E-state index is 0.336. The van der Waals surface area contributed by atoms with E-state index in [1.807, 2.05) is 84.9 Å². The lowest BCUT2D eigenvalue weighted by molar-refractivity contribution is -0.340. The second-order valence-electron chi connectivity index (χ2n) is 18.4. The Morgan fingerprint density at radius 1 is 0.388 bits per heavy atom. The van der Waals surface area contributed by atoms with Crippen molar-refractivity contribution < 1.29 is 59.2 Å². The number of aliphatic hydroxyl groups excluding tert-OH is 3. The lowest BCUT2D eigenvalue weighted by Crippen LogP contribution is -2.50. The highest BCUT2D eigenvalue weighted by molar-refractivity contribution is 7.38. The fourth-order valence-electron chi connectivity index (χ4n) is 7.88. The molecule has 6 aromatic rings. The van der Waals surface area contributed by atoms with Gasteiger partial charge in [0.15, 0.2) is 5.75 Å². The molecule has 0 heterocycles. The van der Waals surface area contributed by atoms with E-state index in [1.165, 1.54) is 11.1 Å². The summed E-state index contributed by atoms with van der Waals surface area (Å²) in [6, 6.07) is 53.5. The molecule has 0 fully saturated rings. The highest BCUT2D eigenvalue weighted by Gasteiger charge is 2.44. The molecule has 0 aliphatic heterocycles. The number of benzene rings is 6. The Balaban J connectivity index is 0.00000113. The molecular weight excluding hydrogens is 891 g/mol. The Kier molecular flexibility index (Phi) is 19.8. The second-order valence-corrected chi connectivity index (χ2v) is 19.5. The molecule has 0 bridgehead atoms. The van der Waals surface area contributed by atoms with Crippen LogP contribution in [0, 0.1) is 5.41 Å². The van der Waals surface area contributed by atoms with Crippen LogP contribution in [0.1, 0.15) is 99.9 Å². The van der Waals surface area contributed by atoms with E-state index in [9.17, 15) is 15.3 Å². The fraction of sp³-hybridized carbons (Fsp3) is 0.321. The van der Waals surface area contributed by atoms with Gasteiger partial charge in [0.05, 0.1) is 19.8 Å². The summed E-state index contributed by atoms with van der Waals surface area (Å²) in [5.41, 5.74) is 4.92. The van der Waals surface area contributed by atoms with Crippen molar-refractivity contribution in [1.29, 1.82) is 0 Å². The van der Waals surface area contributed by atoms with Gasteiger partial charge in [0, 0.05) is 32.8 Å².